The van der Waals surface area contributed by atoms with Crippen LogP contribution in [-0.4, -0.2) is 6.04 Å². The molecule has 1 fully saturated rings. The van der Waals surface area contributed by atoms with Gasteiger partial charge in [-0.05, 0) is 54.6 Å². The molecule has 2 atom stereocenters. The van der Waals surface area contributed by atoms with Crippen LogP contribution in [0.1, 0.15) is 70.9 Å². The van der Waals surface area contributed by atoms with Gasteiger partial charge in [0.25, 0.3) is 0 Å². The monoisotopic (exact) mass is 287 g/mol. The summed E-state index contributed by atoms with van der Waals surface area (Å²) in [6, 6.07) is 9.57. The molecule has 0 radical (unpaired) electrons. The second kappa shape index (κ2) is 7.45. The predicted octanol–water partition coefficient (Wildman–Crippen LogP) is 5.33. The van der Waals surface area contributed by atoms with E-state index in [9.17, 15) is 0 Å². The standard InChI is InChI=1S/C20H33N/c1-5-16-9-6-7-10-17(16)15-21-19-12-8-11-18(13-14-19)20(2,3)4/h6-7,9-10,18-19,21H,5,8,11-15H2,1-4H3. The van der Waals surface area contributed by atoms with Gasteiger partial charge in [-0.2, -0.15) is 0 Å². The second-order valence-corrected chi connectivity index (χ2v) is 7.77. The summed E-state index contributed by atoms with van der Waals surface area (Å²) in [5.41, 5.74) is 3.45. The molecule has 0 aromatic heterocycles. The van der Waals surface area contributed by atoms with Crippen molar-refractivity contribution in [2.24, 2.45) is 11.3 Å². The van der Waals surface area contributed by atoms with Gasteiger partial charge in [0.1, 0.15) is 0 Å². The Balaban J connectivity index is 1.87. The molecule has 2 unspecified atom stereocenters. The third-order valence-electron chi connectivity index (χ3n) is 5.27. The Morgan fingerprint density at radius 2 is 1.71 bits per heavy atom. The van der Waals surface area contributed by atoms with Crippen molar-refractivity contribution in [2.75, 3.05) is 0 Å². The zero-order valence-electron chi connectivity index (χ0n) is 14.4. The summed E-state index contributed by atoms with van der Waals surface area (Å²) < 4.78 is 0. The van der Waals surface area contributed by atoms with Crippen molar-refractivity contribution < 1.29 is 0 Å². The zero-order valence-corrected chi connectivity index (χ0v) is 14.4. The summed E-state index contributed by atoms with van der Waals surface area (Å²) in [5, 5.41) is 3.82. The molecule has 21 heavy (non-hydrogen) atoms. The Bertz CT molecular complexity index is 430. The van der Waals surface area contributed by atoms with E-state index in [1.807, 2.05) is 0 Å². The van der Waals surface area contributed by atoms with Gasteiger partial charge in [0.15, 0.2) is 0 Å². The topological polar surface area (TPSA) is 12.0 Å². The maximum absolute atomic E-state index is 3.82. The molecule has 1 aromatic rings. The van der Waals surface area contributed by atoms with Crippen LogP contribution in [0.2, 0.25) is 0 Å². The lowest BCUT2D eigenvalue weighted by Crippen LogP contribution is -2.28. The SMILES string of the molecule is CCc1ccccc1CNC1CCCC(C(C)(C)C)CC1. The first-order chi connectivity index (χ1) is 10.0. The quantitative estimate of drug-likeness (QED) is 0.738. The van der Waals surface area contributed by atoms with Crippen LogP contribution in [0.4, 0.5) is 0 Å². The van der Waals surface area contributed by atoms with Gasteiger partial charge in [-0.15, -0.1) is 0 Å². The van der Waals surface area contributed by atoms with Crippen molar-refractivity contribution in [3.63, 3.8) is 0 Å². The van der Waals surface area contributed by atoms with Crippen LogP contribution in [0.3, 0.4) is 0 Å². The average molecular weight is 287 g/mol. The molecule has 2 rings (SSSR count). The van der Waals surface area contributed by atoms with Gasteiger partial charge >= 0.3 is 0 Å². The number of hydrogen-bond acceptors (Lipinski definition) is 1. The van der Waals surface area contributed by atoms with E-state index in [-0.39, 0.29) is 0 Å². The minimum absolute atomic E-state index is 0.476. The first-order valence-corrected chi connectivity index (χ1v) is 8.81. The summed E-state index contributed by atoms with van der Waals surface area (Å²) in [6.07, 6.45) is 8.00. The first kappa shape index (κ1) is 16.5. The Kier molecular flexibility index (Phi) is 5.87. The van der Waals surface area contributed by atoms with E-state index in [4.69, 9.17) is 0 Å². The molecule has 1 heteroatoms. The van der Waals surface area contributed by atoms with Gasteiger partial charge in [-0.1, -0.05) is 58.4 Å². The summed E-state index contributed by atoms with van der Waals surface area (Å²) >= 11 is 0. The number of nitrogens with one attached hydrogen (secondary N) is 1. The molecule has 0 heterocycles. The Morgan fingerprint density at radius 3 is 2.38 bits per heavy atom. The number of rotatable bonds is 4. The molecule has 118 valence electrons. The largest absolute Gasteiger partial charge is 0.310 e. The fraction of sp³-hybridized carbons (Fsp3) is 0.700. The highest BCUT2D eigenvalue weighted by Gasteiger charge is 2.27. The van der Waals surface area contributed by atoms with Crippen LogP contribution in [-0.2, 0) is 13.0 Å². The summed E-state index contributed by atoms with van der Waals surface area (Å²) in [5.74, 6) is 0.896. The molecule has 1 aliphatic rings. The van der Waals surface area contributed by atoms with E-state index in [0.29, 0.717) is 11.5 Å². The van der Waals surface area contributed by atoms with Crippen molar-refractivity contribution in [1.29, 1.82) is 0 Å². The van der Waals surface area contributed by atoms with Gasteiger partial charge in [0.2, 0.25) is 0 Å². The predicted molar refractivity (Wildman–Crippen MR) is 92.5 cm³/mol. The number of hydrogen-bond donors (Lipinski definition) is 1. The van der Waals surface area contributed by atoms with Gasteiger partial charge in [-0.3, -0.25) is 0 Å². The van der Waals surface area contributed by atoms with Gasteiger partial charge < -0.3 is 5.32 Å². The molecule has 0 spiro atoms. The fourth-order valence-corrected chi connectivity index (χ4v) is 3.70. The maximum Gasteiger partial charge on any atom is 0.0210 e. The molecular weight excluding hydrogens is 254 g/mol. The zero-order chi connectivity index (χ0) is 15.3. The smallest absolute Gasteiger partial charge is 0.0210 e. The van der Waals surface area contributed by atoms with E-state index in [2.05, 4.69) is 57.3 Å². The van der Waals surface area contributed by atoms with Crippen LogP contribution < -0.4 is 5.32 Å². The molecule has 1 aliphatic carbocycles. The number of aryl methyl sites for hydroxylation is 1. The van der Waals surface area contributed by atoms with Crippen LogP contribution >= 0.6 is 0 Å². The minimum atomic E-state index is 0.476. The van der Waals surface area contributed by atoms with E-state index >= 15 is 0 Å². The molecule has 0 bridgehead atoms. The Hall–Kier alpha value is -0.820. The lowest BCUT2D eigenvalue weighted by atomic mass is 9.76. The van der Waals surface area contributed by atoms with Crippen molar-refractivity contribution in [2.45, 2.75) is 78.8 Å². The third-order valence-corrected chi connectivity index (χ3v) is 5.27. The molecule has 1 N–H and O–H groups in total. The van der Waals surface area contributed by atoms with Crippen LogP contribution in [0.25, 0.3) is 0 Å². The van der Waals surface area contributed by atoms with Gasteiger partial charge in [-0.25, -0.2) is 0 Å². The molecular formula is C20H33N. The van der Waals surface area contributed by atoms with Crippen LogP contribution in [0.5, 0.6) is 0 Å². The van der Waals surface area contributed by atoms with Crippen molar-refractivity contribution >= 4 is 0 Å². The van der Waals surface area contributed by atoms with Gasteiger partial charge in [0, 0.05) is 12.6 Å². The van der Waals surface area contributed by atoms with E-state index in [1.165, 1.54) is 43.2 Å². The summed E-state index contributed by atoms with van der Waals surface area (Å²) in [6.45, 7) is 10.5. The normalized spacial score (nSPS) is 23.8. The molecule has 1 aromatic carbocycles. The number of benzene rings is 1. The summed E-state index contributed by atoms with van der Waals surface area (Å²) in [7, 11) is 0. The summed E-state index contributed by atoms with van der Waals surface area (Å²) in [4.78, 5) is 0. The Labute approximate surface area is 131 Å². The maximum atomic E-state index is 3.82. The Morgan fingerprint density at radius 1 is 1.00 bits per heavy atom. The molecule has 0 saturated heterocycles. The van der Waals surface area contributed by atoms with Crippen LogP contribution in [0, 0.1) is 11.3 Å². The molecule has 0 aliphatic heterocycles. The third kappa shape index (κ3) is 4.85. The highest BCUT2D eigenvalue weighted by atomic mass is 14.9. The van der Waals surface area contributed by atoms with Crippen LogP contribution in [0.15, 0.2) is 24.3 Å². The average Bonchev–Trinajstić information content (AvgIpc) is 2.70. The molecule has 1 saturated carbocycles. The fourth-order valence-electron chi connectivity index (χ4n) is 3.70. The van der Waals surface area contributed by atoms with E-state index in [0.717, 1.165) is 18.9 Å². The van der Waals surface area contributed by atoms with Crippen molar-refractivity contribution in [3.05, 3.63) is 35.4 Å². The van der Waals surface area contributed by atoms with Crippen molar-refractivity contribution in [1.82, 2.24) is 5.32 Å². The lowest BCUT2D eigenvalue weighted by Gasteiger charge is -2.29. The van der Waals surface area contributed by atoms with Crippen molar-refractivity contribution in [3.8, 4) is 0 Å². The van der Waals surface area contributed by atoms with E-state index < -0.39 is 0 Å². The first-order valence-electron chi connectivity index (χ1n) is 8.81. The highest BCUT2D eigenvalue weighted by molar-refractivity contribution is 5.26. The second-order valence-electron chi connectivity index (χ2n) is 7.77. The van der Waals surface area contributed by atoms with E-state index in [1.54, 1.807) is 0 Å². The lowest BCUT2D eigenvalue weighted by molar-refractivity contribution is 0.213. The minimum Gasteiger partial charge on any atom is -0.310 e. The molecule has 1 nitrogen and oxygen atoms in total. The molecule has 0 amide bonds. The highest BCUT2D eigenvalue weighted by Crippen LogP contribution is 2.36. The van der Waals surface area contributed by atoms with Gasteiger partial charge in [0.05, 0.1) is 0 Å².